The van der Waals surface area contributed by atoms with Gasteiger partial charge in [0.25, 0.3) is 0 Å². The number of likely N-dealkylation sites (N-methyl/N-ethyl adjacent to an activating group) is 1. The summed E-state index contributed by atoms with van der Waals surface area (Å²) in [7, 11) is 1.68. The predicted octanol–water partition coefficient (Wildman–Crippen LogP) is 1.83. The van der Waals surface area contributed by atoms with Gasteiger partial charge in [-0.05, 0) is 24.8 Å². The summed E-state index contributed by atoms with van der Waals surface area (Å²) in [5, 5.41) is 3.56. The fourth-order valence-electron chi connectivity index (χ4n) is 2.65. The highest BCUT2D eigenvalue weighted by Gasteiger charge is 2.41. The van der Waals surface area contributed by atoms with Crippen LogP contribution in [0.2, 0.25) is 0 Å². The van der Waals surface area contributed by atoms with Crippen LogP contribution in [-0.2, 0) is 14.2 Å². The van der Waals surface area contributed by atoms with Crippen LogP contribution in [0.1, 0.15) is 33.6 Å². The minimum absolute atomic E-state index is 0.325. The van der Waals surface area contributed by atoms with E-state index >= 15 is 0 Å². The third-order valence-corrected chi connectivity index (χ3v) is 3.70. The molecular weight excluding hydrogens is 230 g/mol. The molecule has 1 aliphatic carbocycles. The third kappa shape index (κ3) is 4.84. The second-order valence-corrected chi connectivity index (χ2v) is 5.58. The summed E-state index contributed by atoms with van der Waals surface area (Å²) in [5.41, 5.74) is 0.331. The number of rotatable bonds is 9. The molecule has 0 radical (unpaired) electrons. The second-order valence-electron chi connectivity index (χ2n) is 5.58. The van der Waals surface area contributed by atoms with Gasteiger partial charge in [-0.3, -0.25) is 0 Å². The van der Waals surface area contributed by atoms with E-state index in [1.165, 1.54) is 6.42 Å². The molecule has 1 fully saturated rings. The van der Waals surface area contributed by atoms with Crippen LogP contribution in [0.25, 0.3) is 0 Å². The number of methoxy groups -OCH3 is 1. The minimum Gasteiger partial charge on any atom is -0.382 e. The van der Waals surface area contributed by atoms with Crippen LogP contribution in [-0.4, -0.2) is 52.2 Å². The highest BCUT2D eigenvalue weighted by atomic mass is 16.5. The lowest BCUT2D eigenvalue weighted by Gasteiger charge is -2.31. The van der Waals surface area contributed by atoms with E-state index in [2.05, 4.69) is 26.1 Å². The zero-order chi connectivity index (χ0) is 13.4. The molecule has 0 aliphatic heterocycles. The van der Waals surface area contributed by atoms with Gasteiger partial charge in [0.2, 0.25) is 0 Å². The SMILES string of the molecule is CCNC1C(OCCOCCOC)CCC1(C)C. The van der Waals surface area contributed by atoms with Crippen molar-refractivity contribution < 1.29 is 14.2 Å². The summed E-state index contributed by atoms with van der Waals surface area (Å²) in [6, 6.07) is 0.460. The number of hydrogen-bond donors (Lipinski definition) is 1. The van der Waals surface area contributed by atoms with E-state index in [1.54, 1.807) is 7.11 Å². The van der Waals surface area contributed by atoms with Gasteiger partial charge < -0.3 is 19.5 Å². The maximum atomic E-state index is 5.96. The second kappa shape index (κ2) is 8.10. The Hall–Kier alpha value is -0.160. The molecule has 0 aromatic rings. The van der Waals surface area contributed by atoms with Crippen molar-refractivity contribution >= 4 is 0 Å². The molecule has 0 spiro atoms. The molecule has 108 valence electrons. The van der Waals surface area contributed by atoms with Crippen molar-refractivity contribution in [1.29, 1.82) is 0 Å². The standard InChI is InChI=1S/C14H29NO3/c1-5-15-13-12(6-7-14(13,2)3)18-11-10-17-9-8-16-4/h12-13,15H,5-11H2,1-4H3. The Morgan fingerprint density at radius 1 is 1.17 bits per heavy atom. The average Bonchev–Trinajstić information content (AvgIpc) is 2.61. The van der Waals surface area contributed by atoms with Crippen LogP contribution in [0.3, 0.4) is 0 Å². The van der Waals surface area contributed by atoms with Crippen molar-refractivity contribution in [2.75, 3.05) is 40.1 Å². The summed E-state index contributed by atoms with van der Waals surface area (Å²) in [4.78, 5) is 0. The van der Waals surface area contributed by atoms with E-state index in [-0.39, 0.29) is 0 Å². The molecule has 1 saturated carbocycles. The first-order valence-corrected chi connectivity index (χ1v) is 7.03. The Bertz CT molecular complexity index is 221. The van der Waals surface area contributed by atoms with E-state index in [0.717, 1.165) is 13.0 Å². The smallest absolute Gasteiger partial charge is 0.0734 e. The van der Waals surface area contributed by atoms with Gasteiger partial charge in [-0.15, -0.1) is 0 Å². The van der Waals surface area contributed by atoms with Crippen molar-refractivity contribution in [3.63, 3.8) is 0 Å². The largest absolute Gasteiger partial charge is 0.382 e. The highest BCUT2D eigenvalue weighted by molar-refractivity contribution is 4.97. The summed E-state index contributed by atoms with van der Waals surface area (Å²) in [6.45, 7) is 10.4. The molecule has 0 aromatic heterocycles. The Morgan fingerprint density at radius 2 is 1.89 bits per heavy atom. The van der Waals surface area contributed by atoms with Crippen LogP contribution in [0.4, 0.5) is 0 Å². The molecule has 1 N–H and O–H groups in total. The van der Waals surface area contributed by atoms with Gasteiger partial charge >= 0.3 is 0 Å². The number of hydrogen-bond acceptors (Lipinski definition) is 4. The van der Waals surface area contributed by atoms with Crippen LogP contribution in [0, 0.1) is 5.41 Å². The van der Waals surface area contributed by atoms with E-state index < -0.39 is 0 Å². The lowest BCUT2D eigenvalue weighted by molar-refractivity contribution is -0.0182. The highest BCUT2D eigenvalue weighted by Crippen LogP contribution is 2.38. The van der Waals surface area contributed by atoms with Gasteiger partial charge in [0.1, 0.15) is 0 Å². The van der Waals surface area contributed by atoms with Crippen molar-refractivity contribution in [3.8, 4) is 0 Å². The molecule has 0 bridgehead atoms. The zero-order valence-corrected chi connectivity index (χ0v) is 12.3. The van der Waals surface area contributed by atoms with Crippen molar-refractivity contribution in [2.45, 2.75) is 45.8 Å². The molecule has 4 nitrogen and oxygen atoms in total. The monoisotopic (exact) mass is 259 g/mol. The van der Waals surface area contributed by atoms with Gasteiger partial charge in [-0.25, -0.2) is 0 Å². The van der Waals surface area contributed by atoms with Gasteiger partial charge in [-0.1, -0.05) is 20.8 Å². The summed E-state index contributed by atoms with van der Waals surface area (Å²) in [6.07, 6.45) is 2.69. The molecule has 0 heterocycles. The van der Waals surface area contributed by atoms with E-state index in [0.29, 0.717) is 44.0 Å². The van der Waals surface area contributed by atoms with Crippen molar-refractivity contribution in [3.05, 3.63) is 0 Å². The molecule has 1 aliphatic rings. The van der Waals surface area contributed by atoms with E-state index in [4.69, 9.17) is 14.2 Å². The first-order valence-electron chi connectivity index (χ1n) is 7.03. The Labute approximate surface area is 111 Å². The van der Waals surface area contributed by atoms with Crippen LogP contribution >= 0.6 is 0 Å². The fourth-order valence-corrected chi connectivity index (χ4v) is 2.65. The van der Waals surface area contributed by atoms with Crippen LogP contribution < -0.4 is 5.32 Å². The Balaban J connectivity index is 2.20. The van der Waals surface area contributed by atoms with Crippen molar-refractivity contribution in [2.24, 2.45) is 5.41 Å². The van der Waals surface area contributed by atoms with Crippen LogP contribution in [0.15, 0.2) is 0 Å². The summed E-state index contributed by atoms with van der Waals surface area (Å²) in [5.74, 6) is 0. The third-order valence-electron chi connectivity index (χ3n) is 3.70. The maximum Gasteiger partial charge on any atom is 0.0734 e. The quantitative estimate of drug-likeness (QED) is 0.641. The molecular formula is C14H29NO3. The molecule has 0 aromatic carbocycles. The normalized spacial score (nSPS) is 26.7. The molecule has 2 atom stereocenters. The van der Waals surface area contributed by atoms with E-state index in [1.807, 2.05) is 0 Å². The van der Waals surface area contributed by atoms with Gasteiger partial charge in [0, 0.05) is 13.2 Å². The number of nitrogens with one attached hydrogen (secondary N) is 1. The summed E-state index contributed by atoms with van der Waals surface area (Å²) >= 11 is 0. The molecule has 0 amide bonds. The lowest BCUT2D eigenvalue weighted by atomic mass is 9.87. The molecule has 1 rings (SSSR count). The van der Waals surface area contributed by atoms with Crippen LogP contribution in [0.5, 0.6) is 0 Å². The maximum absolute atomic E-state index is 5.96. The summed E-state index contributed by atoms with van der Waals surface area (Å²) < 4.78 is 16.3. The Morgan fingerprint density at radius 3 is 2.56 bits per heavy atom. The van der Waals surface area contributed by atoms with Gasteiger partial charge in [-0.2, -0.15) is 0 Å². The average molecular weight is 259 g/mol. The topological polar surface area (TPSA) is 39.7 Å². The molecule has 4 heteroatoms. The lowest BCUT2D eigenvalue weighted by Crippen LogP contribution is -2.45. The molecule has 2 unspecified atom stereocenters. The molecule has 0 saturated heterocycles. The Kier molecular flexibility index (Phi) is 7.15. The first kappa shape index (κ1) is 15.9. The van der Waals surface area contributed by atoms with Gasteiger partial charge in [0.05, 0.1) is 32.5 Å². The minimum atomic E-state index is 0.325. The first-order chi connectivity index (χ1) is 8.61. The van der Waals surface area contributed by atoms with Crippen molar-refractivity contribution in [1.82, 2.24) is 5.32 Å². The van der Waals surface area contributed by atoms with E-state index in [9.17, 15) is 0 Å². The zero-order valence-electron chi connectivity index (χ0n) is 12.3. The van der Waals surface area contributed by atoms with Gasteiger partial charge in [0.15, 0.2) is 0 Å². The predicted molar refractivity (Wildman–Crippen MR) is 72.9 cm³/mol. The number of ether oxygens (including phenoxy) is 3. The fraction of sp³-hybridized carbons (Fsp3) is 1.00. The molecule has 18 heavy (non-hydrogen) atoms.